The molecule has 3 heteroatoms. The number of allylic oxidation sites excluding steroid dienone is 1. The predicted octanol–water partition coefficient (Wildman–Crippen LogP) is 3.06. The van der Waals surface area contributed by atoms with Crippen LogP contribution in [0, 0.1) is 6.92 Å². The number of carbonyl (C=O) groups excluding carboxylic acids is 2. The van der Waals surface area contributed by atoms with Crippen LogP contribution in [0.3, 0.4) is 0 Å². The molecule has 0 heterocycles. The lowest BCUT2D eigenvalue weighted by Crippen LogP contribution is -2.02. The molecule has 0 fully saturated rings. The minimum atomic E-state index is -0.536. The molecule has 0 aliphatic rings. The van der Waals surface area contributed by atoms with Crippen LogP contribution in [0.1, 0.15) is 15.9 Å². The second kappa shape index (κ2) is 5.48. The number of fused-ring (bicyclic) bond motifs is 1. The number of hydrogen-bond acceptors (Lipinski definition) is 3. The Hall–Kier alpha value is -2.42. The molecule has 0 aromatic heterocycles. The highest BCUT2D eigenvalue weighted by molar-refractivity contribution is 6.15. The molecule has 0 N–H and O–H groups in total. The summed E-state index contributed by atoms with van der Waals surface area (Å²) in [6.07, 6.45) is 2.39. The predicted molar refractivity (Wildman–Crippen MR) is 74.2 cm³/mol. The summed E-state index contributed by atoms with van der Waals surface area (Å²) in [6, 6.07) is 11.6. The van der Waals surface area contributed by atoms with Crippen molar-refractivity contribution in [2.24, 2.45) is 0 Å². The van der Waals surface area contributed by atoms with Crippen molar-refractivity contribution in [3.63, 3.8) is 0 Å². The van der Waals surface area contributed by atoms with Crippen LogP contribution in [0.2, 0.25) is 0 Å². The van der Waals surface area contributed by atoms with Gasteiger partial charge in [-0.1, -0.05) is 36.4 Å². The van der Waals surface area contributed by atoms with Crippen LogP contribution in [-0.4, -0.2) is 18.9 Å². The van der Waals surface area contributed by atoms with E-state index < -0.39 is 5.97 Å². The Bertz CT molecular complexity index is 669. The number of aryl methyl sites for hydroxylation is 1. The smallest absolute Gasteiger partial charge is 0.330 e. The van der Waals surface area contributed by atoms with Gasteiger partial charge in [-0.05, 0) is 29.3 Å². The fourth-order valence-electron chi connectivity index (χ4n) is 2.00. The number of benzene rings is 2. The van der Waals surface area contributed by atoms with Crippen LogP contribution in [0.15, 0.2) is 48.6 Å². The fourth-order valence-corrected chi connectivity index (χ4v) is 2.00. The van der Waals surface area contributed by atoms with Crippen LogP contribution in [0.5, 0.6) is 0 Å². The molecule has 0 aliphatic heterocycles. The van der Waals surface area contributed by atoms with Gasteiger partial charge in [0.2, 0.25) is 0 Å². The second-order valence-corrected chi connectivity index (χ2v) is 4.20. The van der Waals surface area contributed by atoms with Crippen molar-refractivity contribution in [3.8, 4) is 0 Å². The Morgan fingerprint density at radius 1 is 1.05 bits per heavy atom. The van der Waals surface area contributed by atoms with Crippen LogP contribution in [-0.2, 0) is 9.53 Å². The zero-order chi connectivity index (χ0) is 13.8. The maximum Gasteiger partial charge on any atom is 0.330 e. The van der Waals surface area contributed by atoms with Crippen LogP contribution >= 0.6 is 0 Å². The second-order valence-electron chi connectivity index (χ2n) is 4.20. The van der Waals surface area contributed by atoms with E-state index in [1.807, 2.05) is 43.3 Å². The number of rotatable bonds is 3. The van der Waals surface area contributed by atoms with E-state index in [4.69, 9.17) is 0 Å². The highest BCUT2D eigenvalue weighted by Crippen LogP contribution is 2.22. The largest absolute Gasteiger partial charge is 0.466 e. The summed E-state index contributed by atoms with van der Waals surface area (Å²) < 4.78 is 4.48. The molecule has 0 bridgehead atoms. The van der Waals surface area contributed by atoms with E-state index in [0.717, 1.165) is 22.4 Å². The number of esters is 1. The summed E-state index contributed by atoms with van der Waals surface area (Å²) >= 11 is 0. The molecule has 0 saturated carbocycles. The SMILES string of the molecule is COC(=O)/C=C/C(=O)c1c(C)ccc2ccccc12. The Balaban J connectivity index is 2.49. The summed E-state index contributed by atoms with van der Waals surface area (Å²) in [5, 5.41) is 1.89. The van der Waals surface area contributed by atoms with E-state index in [1.54, 1.807) is 0 Å². The third kappa shape index (κ3) is 2.71. The monoisotopic (exact) mass is 254 g/mol. The normalized spacial score (nSPS) is 10.8. The molecule has 0 amide bonds. The minimum Gasteiger partial charge on any atom is -0.466 e. The Labute approximate surface area is 111 Å². The number of ether oxygens (including phenoxy) is 1. The van der Waals surface area contributed by atoms with Crippen molar-refractivity contribution in [2.45, 2.75) is 6.92 Å². The van der Waals surface area contributed by atoms with Crippen LogP contribution in [0.25, 0.3) is 10.8 Å². The molecule has 2 aromatic rings. The summed E-state index contributed by atoms with van der Waals surface area (Å²) in [4.78, 5) is 23.2. The molecule has 0 spiro atoms. The van der Waals surface area contributed by atoms with Gasteiger partial charge in [0.05, 0.1) is 7.11 Å². The number of hydrogen-bond donors (Lipinski definition) is 0. The molecule has 96 valence electrons. The van der Waals surface area contributed by atoms with Crippen LogP contribution < -0.4 is 0 Å². The van der Waals surface area contributed by atoms with Gasteiger partial charge in [-0.15, -0.1) is 0 Å². The van der Waals surface area contributed by atoms with Gasteiger partial charge in [-0.3, -0.25) is 4.79 Å². The lowest BCUT2D eigenvalue weighted by molar-refractivity contribution is -0.134. The van der Waals surface area contributed by atoms with Gasteiger partial charge >= 0.3 is 5.97 Å². The first-order valence-electron chi connectivity index (χ1n) is 5.92. The van der Waals surface area contributed by atoms with Gasteiger partial charge in [0.25, 0.3) is 0 Å². The average molecular weight is 254 g/mol. The Morgan fingerprint density at radius 3 is 2.53 bits per heavy atom. The molecular weight excluding hydrogens is 240 g/mol. The van der Waals surface area contributed by atoms with Crippen molar-refractivity contribution in [3.05, 3.63) is 59.7 Å². The number of ketones is 1. The van der Waals surface area contributed by atoms with Crippen molar-refractivity contribution in [1.29, 1.82) is 0 Å². The molecule has 0 unspecified atom stereocenters. The lowest BCUT2D eigenvalue weighted by Gasteiger charge is -2.07. The van der Waals surface area contributed by atoms with Gasteiger partial charge in [0.15, 0.2) is 5.78 Å². The number of methoxy groups -OCH3 is 1. The first-order valence-corrected chi connectivity index (χ1v) is 5.92. The first-order chi connectivity index (χ1) is 9.13. The molecule has 0 radical (unpaired) electrons. The summed E-state index contributed by atoms with van der Waals surface area (Å²) in [6.45, 7) is 1.88. The molecule has 2 rings (SSSR count). The molecule has 0 saturated heterocycles. The van der Waals surface area contributed by atoms with Gasteiger partial charge in [-0.2, -0.15) is 0 Å². The fraction of sp³-hybridized carbons (Fsp3) is 0.125. The zero-order valence-corrected chi connectivity index (χ0v) is 10.8. The summed E-state index contributed by atoms with van der Waals surface area (Å²) in [5.41, 5.74) is 1.51. The first kappa shape index (κ1) is 13.0. The average Bonchev–Trinajstić information content (AvgIpc) is 2.44. The maximum absolute atomic E-state index is 12.2. The van der Waals surface area contributed by atoms with Crippen molar-refractivity contribution < 1.29 is 14.3 Å². The third-order valence-corrected chi connectivity index (χ3v) is 2.96. The Kier molecular flexibility index (Phi) is 3.76. The van der Waals surface area contributed by atoms with E-state index >= 15 is 0 Å². The molecular formula is C16H14O3. The van der Waals surface area contributed by atoms with Crippen molar-refractivity contribution in [1.82, 2.24) is 0 Å². The van der Waals surface area contributed by atoms with Crippen molar-refractivity contribution in [2.75, 3.05) is 7.11 Å². The van der Waals surface area contributed by atoms with Gasteiger partial charge in [-0.25, -0.2) is 4.79 Å². The molecule has 0 atom stereocenters. The summed E-state index contributed by atoms with van der Waals surface area (Å²) in [5.74, 6) is -0.731. The highest BCUT2D eigenvalue weighted by atomic mass is 16.5. The van der Waals surface area contributed by atoms with Crippen LogP contribution in [0.4, 0.5) is 0 Å². The van der Waals surface area contributed by atoms with E-state index in [9.17, 15) is 9.59 Å². The van der Waals surface area contributed by atoms with Gasteiger partial charge < -0.3 is 4.74 Å². The maximum atomic E-state index is 12.2. The standard InChI is InChI=1S/C16H14O3/c1-11-7-8-12-5-3-4-6-13(12)16(11)14(17)9-10-15(18)19-2/h3-10H,1-2H3/b10-9+. The zero-order valence-electron chi connectivity index (χ0n) is 10.8. The minimum absolute atomic E-state index is 0.195. The molecule has 0 aliphatic carbocycles. The van der Waals surface area contributed by atoms with E-state index in [0.29, 0.717) is 5.56 Å². The summed E-state index contributed by atoms with van der Waals surface area (Å²) in [7, 11) is 1.28. The Morgan fingerprint density at radius 2 is 1.79 bits per heavy atom. The van der Waals surface area contributed by atoms with E-state index in [2.05, 4.69) is 4.74 Å². The highest BCUT2D eigenvalue weighted by Gasteiger charge is 2.10. The van der Waals surface area contributed by atoms with Gasteiger partial charge in [0.1, 0.15) is 0 Å². The third-order valence-electron chi connectivity index (χ3n) is 2.96. The van der Waals surface area contributed by atoms with Gasteiger partial charge in [0, 0.05) is 11.6 Å². The topological polar surface area (TPSA) is 43.4 Å². The quantitative estimate of drug-likeness (QED) is 0.480. The number of carbonyl (C=O) groups is 2. The lowest BCUT2D eigenvalue weighted by atomic mass is 9.96. The van der Waals surface area contributed by atoms with E-state index in [1.165, 1.54) is 13.2 Å². The van der Waals surface area contributed by atoms with E-state index in [-0.39, 0.29) is 5.78 Å². The molecule has 3 nitrogen and oxygen atoms in total. The molecule has 19 heavy (non-hydrogen) atoms. The van der Waals surface area contributed by atoms with Crippen molar-refractivity contribution >= 4 is 22.5 Å². The molecule has 2 aromatic carbocycles.